The van der Waals surface area contributed by atoms with Crippen LogP contribution in [0.4, 0.5) is 5.69 Å². The summed E-state index contributed by atoms with van der Waals surface area (Å²) in [5, 5.41) is 8.41. The number of carbonyl (C=O) groups is 1. The Balaban J connectivity index is 2.45. The van der Waals surface area contributed by atoms with E-state index in [4.69, 9.17) is 10.8 Å². The van der Waals surface area contributed by atoms with Crippen LogP contribution in [0.25, 0.3) is 0 Å². The standard InChI is InChI=1S/C9H11NO2S/c10-8-4-2-1-3-7(8)5-13-6-9(11)12/h1-4H,5-6,10H2,(H,11,12). The van der Waals surface area contributed by atoms with Gasteiger partial charge in [-0.05, 0) is 11.6 Å². The van der Waals surface area contributed by atoms with E-state index >= 15 is 0 Å². The Bertz CT molecular complexity index is 301. The van der Waals surface area contributed by atoms with Gasteiger partial charge in [-0.25, -0.2) is 0 Å². The average Bonchev–Trinajstić information content (AvgIpc) is 2.08. The number of carboxylic acids is 1. The number of rotatable bonds is 4. The van der Waals surface area contributed by atoms with E-state index in [9.17, 15) is 4.79 Å². The normalized spacial score (nSPS) is 9.85. The third-order valence-electron chi connectivity index (χ3n) is 1.54. The summed E-state index contributed by atoms with van der Waals surface area (Å²) in [6.07, 6.45) is 0. The Labute approximate surface area is 80.9 Å². The smallest absolute Gasteiger partial charge is 0.313 e. The van der Waals surface area contributed by atoms with Gasteiger partial charge in [0, 0.05) is 11.4 Å². The maximum Gasteiger partial charge on any atom is 0.313 e. The number of anilines is 1. The van der Waals surface area contributed by atoms with E-state index in [1.165, 1.54) is 11.8 Å². The second-order valence-electron chi connectivity index (χ2n) is 2.59. The van der Waals surface area contributed by atoms with E-state index in [1.54, 1.807) is 0 Å². The van der Waals surface area contributed by atoms with Crippen molar-refractivity contribution in [3.8, 4) is 0 Å². The fourth-order valence-electron chi connectivity index (χ4n) is 0.914. The lowest BCUT2D eigenvalue weighted by Gasteiger charge is -2.02. The monoisotopic (exact) mass is 197 g/mol. The molecule has 0 heterocycles. The van der Waals surface area contributed by atoms with Crippen molar-refractivity contribution in [2.45, 2.75) is 5.75 Å². The molecule has 4 heteroatoms. The van der Waals surface area contributed by atoms with Gasteiger partial charge in [-0.3, -0.25) is 4.79 Å². The van der Waals surface area contributed by atoms with Crippen molar-refractivity contribution in [3.05, 3.63) is 29.8 Å². The summed E-state index contributed by atoms with van der Waals surface area (Å²) in [4.78, 5) is 10.2. The molecular formula is C9H11NO2S. The maximum atomic E-state index is 10.2. The number of carboxylic acid groups (broad SMARTS) is 1. The van der Waals surface area contributed by atoms with E-state index in [-0.39, 0.29) is 5.75 Å². The van der Waals surface area contributed by atoms with Crippen LogP contribution in [0.5, 0.6) is 0 Å². The minimum Gasteiger partial charge on any atom is -0.481 e. The molecule has 0 saturated carbocycles. The fourth-order valence-corrected chi connectivity index (χ4v) is 1.67. The number of thioether (sulfide) groups is 1. The molecule has 1 aromatic carbocycles. The molecule has 3 nitrogen and oxygen atoms in total. The summed E-state index contributed by atoms with van der Waals surface area (Å²) in [6, 6.07) is 7.48. The number of para-hydroxylation sites is 1. The lowest BCUT2D eigenvalue weighted by Crippen LogP contribution is -1.99. The molecule has 0 fully saturated rings. The number of nitrogen functional groups attached to an aromatic ring is 1. The molecule has 0 aliphatic rings. The van der Waals surface area contributed by atoms with Crippen molar-refractivity contribution in [1.82, 2.24) is 0 Å². The summed E-state index contributed by atoms with van der Waals surface area (Å²) in [5.74, 6) is -0.0210. The lowest BCUT2D eigenvalue weighted by molar-refractivity contribution is -0.133. The minimum absolute atomic E-state index is 0.119. The first-order valence-corrected chi connectivity index (χ1v) is 4.98. The third kappa shape index (κ3) is 3.38. The van der Waals surface area contributed by atoms with Gasteiger partial charge in [0.25, 0.3) is 0 Å². The van der Waals surface area contributed by atoms with Gasteiger partial charge in [-0.1, -0.05) is 18.2 Å². The van der Waals surface area contributed by atoms with Gasteiger partial charge in [0.05, 0.1) is 5.75 Å². The first-order valence-electron chi connectivity index (χ1n) is 3.83. The molecule has 0 aliphatic heterocycles. The third-order valence-corrected chi connectivity index (χ3v) is 2.50. The molecule has 0 atom stereocenters. The van der Waals surface area contributed by atoms with Gasteiger partial charge in [0.15, 0.2) is 0 Å². The zero-order valence-corrected chi connectivity index (χ0v) is 7.88. The van der Waals surface area contributed by atoms with Crippen molar-refractivity contribution in [2.75, 3.05) is 11.5 Å². The highest BCUT2D eigenvalue weighted by Crippen LogP contribution is 2.17. The second kappa shape index (κ2) is 4.77. The summed E-state index contributed by atoms with van der Waals surface area (Å²) in [7, 11) is 0. The quantitative estimate of drug-likeness (QED) is 0.719. The largest absolute Gasteiger partial charge is 0.481 e. The van der Waals surface area contributed by atoms with E-state index in [2.05, 4.69) is 0 Å². The van der Waals surface area contributed by atoms with Gasteiger partial charge in [-0.15, -0.1) is 11.8 Å². The predicted molar refractivity (Wildman–Crippen MR) is 54.7 cm³/mol. The summed E-state index contributed by atoms with van der Waals surface area (Å²) >= 11 is 1.35. The van der Waals surface area contributed by atoms with Gasteiger partial charge < -0.3 is 10.8 Å². The van der Waals surface area contributed by atoms with Crippen LogP contribution in [-0.4, -0.2) is 16.8 Å². The summed E-state index contributed by atoms with van der Waals surface area (Å²) in [6.45, 7) is 0. The van der Waals surface area contributed by atoms with Crippen LogP contribution in [0.15, 0.2) is 24.3 Å². The van der Waals surface area contributed by atoms with Crippen LogP contribution in [0, 0.1) is 0 Å². The Morgan fingerprint density at radius 3 is 2.77 bits per heavy atom. The molecule has 0 bridgehead atoms. The SMILES string of the molecule is Nc1ccccc1CSCC(=O)O. The first kappa shape index (κ1) is 9.92. The maximum absolute atomic E-state index is 10.2. The molecule has 0 amide bonds. The highest BCUT2D eigenvalue weighted by Gasteiger charge is 2.00. The molecule has 70 valence electrons. The van der Waals surface area contributed by atoms with E-state index in [1.807, 2.05) is 24.3 Å². The zero-order valence-electron chi connectivity index (χ0n) is 7.06. The van der Waals surface area contributed by atoms with Crippen LogP contribution in [0.3, 0.4) is 0 Å². The molecule has 0 radical (unpaired) electrons. The molecule has 0 spiro atoms. The molecule has 3 N–H and O–H groups in total. The molecular weight excluding hydrogens is 186 g/mol. The fraction of sp³-hybridized carbons (Fsp3) is 0.222. The van der Waals surface area contributed by atoms with Crippen molar-refractivity contribution in [2.24, 2.45) is 0 Å². The first-order chi connectivity index (χ1) is 6.20. The number of aliphatic carboxylic acids is 1. The van der Waals surface area contributed by atoms with Crippen LogP contribution >= 0.6 is 11.8 Å². The Kier molecular flexibility index (Phi) is 3.64. The molecule has 0 aliphatic carbocycles. The molecule has 1 rings (SSSR count). The Morgan fingerprint density at radius 2 is 2.15 bits per heavy atom. The van der Waals surface area contributed by atoms with Gasteiger partial charge in [0.1, 0.15) is 0 Å². The van der Waals surface area contributed by atoms with Crippen molar-refractivity contribution in [1.29, 1.82) is 0 Å². The number of hydrogen-bond acceptors (Lipinski definition) is 3. The average molecular weight is 197 g/mol. The van der Waals surface area contributed by atoms with E-state index < -0.39 is 5.97 Å². The van der Waals surface area contributed by atoms with Crippen molar-refractivity contribution in [3.63, 3.8) is 0 Å². The van der Waals surface area contributed by atoms with Crippen molar-refractivity contribution >= 4 is 23.4 Å². The molecule has 1 aromatic rings. The van der Waals surface area contributed by atoms with Crippen molar-refractivity contribution < 1.29 is 9.90 Å². The van der Waals surface area contributed by atoms with Gasteiger partial charge in [0.2, 0.25) is 0 Å². The second-order valence-corrected chi connectivity index (χ2v) is 3.57. The van der Waals surface area contributed by atoms with Crippen LogP contribution in [-0.2, 0) is 10.5 Å². The minimum atomic E-state index is -0.792. The Hall–Kier alpha value is -1.16. The number of hydrogen-bond donors (Lipinski definition) is 2. The zero-order chi connectivity index (χ0) is 9.68. The summed E-state index contributed by atoms with van der Waals surface area (Å²) < 4.78 is 0. The highest BCUT2D eigenvalue weighted by molar-refractivity contribution is 7.99. The van der Waals surface area contributed by atoms with Crippen LogP contribution in [0.2, 0.25) is 0 Å². The van der Waals surface area contributed by atoms with Crippen LogP contribution in [0.1, 0.15) is 5.56 Å². The molecule has 0 unspecified atom stereocenters. The van der Waals surface area contributed by atoms with Gasteiger partial charge >= 0.3 is 5.97 Å². The number of benzene rings is 1. The van der Waals surface area contributed by atoms with E-state index in [0.29, 0.717) is 5.75 Å². The Morgan fingerprint density at radius 1 is 1.46 bits per heavy atom. The lowest BCUT2D eigenvalue weighted by atomic mass is 10.2. The highest BCUT2D eigenvalue weighted by atomic mass is 32.2. The van der Waals surface area contributed by atoms with Gasteiger partial charge in [-0.2, -0.15) is 0 Å². The van der Waals surface area contributed by atoms with E-state index in [0.717, 1.165) is 11.3 Å². The summed E-state index contributed by atoms with van der Waals surface area (Å²) in [5.41, 5.74) is 7.39. The van der Waals surface area contributed by atoms with Crippen LogP contribution < -0.4 is 5.73 Å². The molecule has 0 aromatic heterocycles. The molecule has 13 heavy (non-hydrogen) atoms. The molecule has 0 saturated heterocycles. The predicted octanol–water partition coefficient (Wildman–Crippen LogP) is 1.59. The number of nitrogens with two attached hydrogens (primary N) is 1. The topological polar surface area (TPSA) is 63.3 Å².